The Kier molecular flexibility index (Phi) is 11.1. The van der Waals surface area contributed by atoms with Gasteiger partial charge in [-0.3, -0.25) is 0 Å². The third-order valence-corrected chi connectivity index (χ3v) is 4.67. The van der Waals surface area contributed by atoms with E-state index in [1.807, 2.05) is 0 Å². The van der Waals surface area contributed by atoms with Crippen LogP contribution in [0.1, 0.15) is 44.1 Å². The summed E-state index contributed by atoms with van der Waals surface area (Å²) >= 11 is 0. The van der Waals surface area contributed by atoms with E-state index in [4.69, 9.17) is 10.2 Å². The number of aliphatic carboxylic acids is 2. The van der Waals surface area contributed by atoms with E-state index in [0.29, 0.717) is 24.2 Å². The molecule has 6 nitrogen and oxygen atoms in total. The third-order valence-electron chi connectivity index (χ3n) is 4.67. The van der Waals surface area contributed by atoms with E-state index in [9.17, 15) is 9.59 Å². The van der Waals surface area contributed by atoms with Crippen molar-refractivity contribution in [1.82, 2.24) is 10.2 Å². The maximum atomic E-state index is 9.55. The normalized spacial score (nSPS) is 20.4. The topological polar surface area (TPSA) is 89.9 Å². The molecule has 1 aromatic carbocycles. The van der Waals surface area contributed by atoms with E-state index in [1.165, 1.54) is 44.1 Å². The van der Waals surface area contributed by atoms with Crippen LogP contribution in [0.5, 0.6) is 0 Å². The van der Waals surface area contributed by atoms with E-state index in [2.05, 4.69) is 54.6 Å². The second-order valence-electron chi connectivity index (χ2n) is 7.01. The Balaban J connectivity index is 0.000000387. The van der Waals surface area contributed by atoms with Gasteiger partial charge in [-0.2, -0.15) is 0 Å². The van der Waals surface area contributed by atoms with Crippen LogP contribution in [0.15, 0.2) is 42.5 Å². The van der Waals surface area contributed by atoms with E-state index in [-0.39, 0.29) is 0 Å². The van der Waals surface area contributed by atoms with Gasteiger partial charge in [-0.15, -0.1) is 0 Å². The molecule has 1 fully saturated rings. The molecule has 3 N–H and O–H groups in total. The number of benzene rings is 1. The second-order valence-corrected chi connectivity index (χ2v) is 7.01. The molecule has 1 saturated carbocycles. The standard InChI is InChI=1S/C17H28N2.C4H4O4/c1-19(2)17-13-9-4-3-8-12-16(17)18-14-15-10-6-5-7-11-15;5-3(6)1-2-4(7)8/h5-7,10-11,16-18H,3-4,8-9,12-14H2,1-2H3;1-2H,(H,5,6)(H,7,8). The van der Waals surface area contributed by atoms with Crippen molar-refractivity contribution in [3.63, 3.8) is 0 Å². The Morgan fingerprint density at radius 2 is 1.56 bits per heavy atom. The molecule has 2 rings (SSSR count). The van der Waals surface area contributed by atoms with Gasteiger partial charge in [0.25, 0.3) is 0 Å². The highest BCUT2D eigenvalue weighted by Crippen LogP contribution is 2.21. The Morgan fingerprint density at radius 1 is 1.00 bits per heavy atom. The van der Waals surface area contributed by atoms with E-state index >= 15 is 0 Å². The molecular formula is C21H32N2O4. The average Bonchev–Trinajstić information content (AvgIpc) is 2.60. The molecule has 1 aliphatic rings. The number of carboxylic acids is 2. The number of carbonyl (C=O) groups is 2. The summed E-state index contributed by atoms with van der Waals surface area (Å²) in [4.78, 5) is 21.5. The molecule has 2 atom stereocenters. The van der Waals surface area contributed by atoms with Gasteiger partial charge in [0.15, 0.2) is 0 Å². The zero-order chi connectivity index (χ0) is 20.1. The van der Waals surface area contributed by atoms with Gasteiger partial charge in [0.1, 0.15) is 0 Å². The van der Waals surface area contributed by atoms with Crippen LogP contribution >= 0.6 is 0 Å². The predicted octanol–water partition coefficient (Wildman–Crippen LogP) is 3.14. The average molecular weight is 376 g/mol. The molecule has 150 valence electrons. The molecule has 0 amide bonds. The number of likely N-dealkylation sites (N-methyl/N-ethyl adjacent to an activating group) is 1. The van der Waals surface area contributed by atoms with Crippen molar-refractivity contribution >= 4 is 11.9 Å². The van der Waals surface area contributed by atoms with Crippen molar-refractivity contribution in [3.05, 3.63) is 48.0 Å². The lowest BCUT2D eigenvalue weighted by Gasteiger charge is -2.35. The summed E-state index contributed by atoms with van der Waals surface area (Å²) in [5.41, 5.74) is 1.39. The molecule has 6 heteroatoms. The molecular weight excluding hydrogens is 344 g/mol. The summed E-state index contributed by atoms with van der Waals surface area (Å²) in [6.45, 7) is 0.996. The molecule has 0 aliphatic heterocycles. The first-order valence-electron chi connectivity index (χ1n) is 9.48. The monoisotopic (exact) mass is 376 g/mol. The van der Waals surface area contributed by atoms with Crippen LogP contribution in [-0.4, -0.2) is 53.2 Å². The second kappa shape index (κ2) is 13.1. The highest BCUT2D eigenvalue weighted by molar-refractivity contribution is 5.89. The van der Waals surface area contributed by atoms with Crippen molar-refractivity contribution in [2.24, 2.45) is 0 Å². The molecule has 0 heterocycles. The molecule has 1 aliphatic carbocycles. The summed E-state index contributed by atoms with van der Waals surface area (Å²) < 4.78 is 0. The summed E-state index contributed by atoms with van der Waals surface area (Å²) in [6.07, 6.45) is 9.34. The largest absolute Gasteiger partial charge is 0.478 e. The molecule has 27 heavy (non-hydrogen) atoms. The zero-order valence-corrected chi connectivity index (χ0v) is 16.3. The Bertz CT molecular complexity index is 571. The summed E-state index contributed by atoms with van der Waals surface area (Å²) in [5, 5.41) is 19.4. The lowest BCUT2D eigenvalue weighted by Crippen LogP contribution is -2.47. The zero-order valence-electron chi connectivity index (χ0n) is 16.3. The molecule has 0 saturated heterocycles. The van der Waals surface area contributed by atoms with E-state index in [0.717, 1.165) is 6.54 Å². The minimum Gasteiger partial charge on any atom is -0.478 e. The Hall–Kier alpha value is -2.18. The quantitative estimate of drug-likeness (QED) is 0.661. The van der Waals surface area contributed by atoms with Gasteiger partial charge >= 0.3 is 11.9 Å². The van der Waals surface area contributed by atoms with Gasteiger partial charge in [-0.25, -0.2) is 9.59 Å². The fraction of sp³-hybridized carbons (Fsp3) is 0.524. The predicted molar refractivity (Wildman–Crippen MR) is 107 cm³/mol. The lowest BCUT2D eigenvalue weighted by molar-refractivity contribution is -0.134. The maximum Gasteiger partial charge on any atom is 0.328 e. The summed E-state index contributed by atoms with van der Waals surface area (Å²) in [5.74, 6) is -2.51. The number of nitrogens with one attached hydrogen (secondary N) is 1. The number of rotatable bonds is 6. The van der Waals surface area contributed by atoms with Gasteiger partial charge < -0.3 is 20.4 Å². The van der Waals surface area contributed by atoms with Crippen LogP contribution < -0.4 is 5.32 Å². The molecule has 0 spiro atoms. The highest BCUT2D eigenvalue weighted by atomic mass is 16.4. The van der Waals surface area contributed by atoms with Gasteiger partial charge in [-0.1, -0.05) is 56.0 Å². The van der Waals surface area contributed by atoms with Crippen LogP contribution in [0, 0.1) is 0 Å². The van der Waals surface area contributed by atoms with Gasteiger partial charge in [0, 0.05) is 30.8 Å². The first-order valence-corrected chi connectivity index (χ1v) is 9.48. The lowest BCUT2D eigenvalue weighted by atomic mass is 9.91. The first kappa shape index (κ1) is 22.9. The van der Waals surface area contributed by atoms with Gasteiger partial charge in [0.05, 0.1) is 0 Å². The molecule has 1 aromatic rings. The highest BCUT2D eigenvalue weighted by Gasteiger charge is 2.23. The van der Waals surface area contributed by atoms with Crippen molar-refractivity contribution in [2.75, 3.05) is 14.1 Å². The van der Waals surface area contributed by atoms with Gasteiger partial charge in [-0.05, 0) is 32.5 Å². The fourth-order valence-corrected chi connectivity index (χ4v) is 3.31. The van der Waals surface area contributed by atoms with Crippen LogP contribution in [0.2, 0.25) is 0 Å². The fourth-order valence-electron chi connectivity index (χ4n) is 3.31. The first-order chi connectivity index (χ1) is 12.9. The molecule has 0 bridgehead atoms. The van der Waals surface area contributed by atoms with E-state index < -0.39 is 11.9 Å². The molecule has 0 radical (unpaired) electrons. The van der Waals surface area contributed by atoms with Crippen molar-refractivity contribution < 1.29 is 19.8 Å². The smallest absolute Gasteiger partial charge is 0.328 e. The number of carboxylic acid groups (broad SMARTS) is 2. The van der Waals surface area contributed by atoms with Crippen LogP contribution in [0.25, 0.3) is 0 Å². The number of hydrogen-bond donors (Lipinski definition) is 3. The molecule has 2 unspecified atom stereocenters. The minimum atomic E-state index is -1.26. The van der Waals surface area contributed by atoms with Gasteiger partial charge in [0.2, 0.25) is 0 Å². The van der Waals surface area contributed by atoms with Crippen LogP contribution in [0.3, 0.4) is 0 Å². The number of hydrogen-bond acceptors (Lipinski definition) is 4. The number of nitrogens with zero attached hydrogens (tertiary/aromatic N) is 1. The van der Waals surface area contributed by atoms with Crippen molar-refractivity contribution in [1.29, 1.82) is 0 Å². The maximum absolute atomic E-state index is 9.55. The summed E-state index contributed by atoms with van der Waals surface area (Å²) in [6, 6.07) is 12.1. The van der Waals surface area contributed by atoms with Crippen molar-refractivity contribution in [2.45, 2.75) is 57.2 Å². The Morgan fingerprint density at radius 3 is 2.07 bits per heavy atom. The Labute approximate surface area is 161 Å². The third kappa shape index (κ3) is 10.5. The van der Waals surface area contributed by atoms with Crippen LogP contribution in [0.4, 0.5) is 0 Å². The molecule has 0 aromatic heterocycles. The summed E-state index contributed by atoms with van der Waals surface area (Å²) in [7, 11) is 4.45. The van der Waals surface area contributed by atoms with Crippen LogP contribution in [-0.2, 0) is 16.1 Å². The SMILES string of the molecule is CN(C)C1CCCCCCC1NCc1ccccc1.O=C(O)C=CC(=O)O. The van der Waals surface area contributed by atoms with E-state index in [1.54, 1.807) is 0 Å². The minimum absolute atomic E-state index is 0.558. The van der Waals surface area contributed by atoms with Crippen molar-refractivity contribution in [3.8, 4) is 0 Å².